The summed E-state index contributed by atoms with van der Waals surface area (Å²) in [6.45, 7) is 2.85. The maximum Gasteiger partial charge on any atom is 0.361 e. The van der Waals surface area contributed by atoms with Gasteiger partial charge in [-0.1, -0.05) is 24.3 Å². The van der Waals surface area contributed by atoms with E-state index in [1.165, 1.54) is 17.8 Å². The highest BCUT2D eigenvalue weighted by molar-refractivity contribution is 5.97. The van der Waals surface area contributed by atoms with Crippen LogP contribution >= 0.6 is 0 Å². The molecule has 1 amide bonds. The molecule has 28 heavy (non-hydrogen) atoms. The normalized spacial score (nSPS) is 11.7. The van der Waals surface area contributed by atoms with Crippen LogP contribution in [0.3, 0.4) is 0 Å². The molecule has 0 spiro atoms. The number of aromatic nitrogens is 3. The number of rotatable bonds is 5. The van der Waals surface area contributed by atoms with Crippen molar-refractivity contribution in [3.8, 4) is 5.69 Å². The molecule has 0 saturated heterocycles. The summed E-state index contributed by atoms with van der Waals surface area (Å²) in [5.41, 5.74) is 0.272. The number of benzene rings is 2. The van der Waals surface area contributed by atoms with Crippen LogP contribution in [-0.2, 0) is 9.53 Å². The Hall–Kier alpha value is -3.62. The molecule has 7 nitrogen and oxygen atoms in total. The monoisotopic (exact) mass is 386 g/mol. The third-order valence-corrected chi connectivity index (χ3v) is 3.83. The lowest BCUT2D eigenvalue weighted by atomic mass is 10.2. The number of hydrogen-bond donors (Lipinski definition) is 1. The Balaban J connectivity index is 1.71. The number of anilines is 1. The fourth-order valence-electron chi connectivity index (χ4n) is 2.36. The number of para-hydroxylation sites is 2. The van der Waals surface area contributed by atoms with Crippen LogP contribution in [-0.4, -0.2) is 33.0 Å². The Morgan fingerprint density at radius 1 is 1.04 bits per heavy atom. The summed E-state index contributed by atoms with van der Waals surface area (Å²) in [5.74, 6) is -3.64. The fourth-order valence-corrected chi connectivity index (χ4v) is 2.36. The van der Waals surface area contributed by atoms with E-state index in [-0.39, 0.29) is 5.69 Å². The van der Waals surface area contributed by atoms with Crippen molar-refractivity contribution >= 4 is 17.6 Å². The van der Waals surface area contributed by atoms with Crippen LogP contribution in [0.25, 0.3) is 5.69 Å². The number of esters is 1. The highest BCUT2D eigenvalue weighted by Gasteiger charge is 2.25. The Morgan fingerprint density at radius 2 is 1.68 bits per heavy atom. The summed E-state index contributed by atoms with van der Waals surface area (Å²) in [6.07, 6.45) is -1.31. The van der Waals surface area contributed by atoms with Crippen LogP contribution in [0, 0.1) is 18.6 Å². The molecule has 2 aromatic carbocycles. The summed E-state index contributed by atoms with van der Waals surface area (Å²) < 4.78 is 32.3. The minimum Gasteiger partial charge on any atom is -0.448 e. The molecule has 0 saturated carbocycles. The molecule has 1 N–H and O–H groups in total. The number of nitrogens with zero attached hydrogens (tertiary/aromatic N) is 3. The van der Waals surface area contributed by atoms with Gasteiger partial charge in [0.1, 0.15) is 17.3 Å². The van der Waals surface area contributed by atoms with E-state index in [0.717, 1.165) is 12.1 Å². The molecule has 1 atom stereocenters. The van der Waals surface area contributed by atoms with E-state index in [1.807, 2.05) is 6.07 Å². The average molecular weight is 386 g/mol. The SMILES string of the molecule is Cc1nn(-c2ccccc2)nc1C(=O)O[C@@H](C)C(=O)Nc1c(F)cccc1F. The van der Waals surface area contributed by atoms with Gasteiger partial charge in [-0.15, -0.1) is 5.10 Å². The van der Waals surface area contributed by atoms with Crippen LogP contribution in [0.15, 0.2) is 48.5 Å². The fraction of sp³-hybridized carbons (Fsp3) is 0.158. The largest absolute Gasteiger partial charge is 0.448 e. The van der Waals surface area contributed by atoms with Crippen molar-refractivity contribution in [2.45, 2.75) is 20.0 Å². The highest BCUT2D eigenvalue weighted by Crippen LogP contribution is 2.18. The number of ether oxygens (including phenoxy) is 1. The number of carbonyl (C=O) groups is 2. The molecular weight excluding hydrogens is 370 g/mol. The zero-order valence-electron chi connectivity index (χ0n) is 15.0. The second kappa shape index (κ2) is 7.95. The number of carbonyl (C=O) groups excluding carboxylic acids is 2. The molecule has 0 bridgehead atoms. The number of aryl methyl sites for hydroxylation is 1. The first-order valence-electron chi connectivity index (χ1n) is 8.32. The zero-order chi connectivity index (χ0) is 20.3. The average Bonchev–Trinajstić information content (AvgIpc) is 3.07. The van der Waals surface area contributed by atoms with Crippen LogP contribution < -0.4 is 5.32 Å². The quantitative estimate of drug-likeness (QED) is 0.681. The molecule has 0 unspecified atom stereocenters. The van der Waals surface area contributed by atoms with E-state index in [4.69, 9.17) is 4.74 Å². The van der Waals surface area contributed by atoms with Crippen LogP contribution in [0.2, 0.25) is 0 Å². The van der Waals surface area contributed by atoms with Crippen molar-refractivity contribution < 1.29 is 23.1 Å². The number of halogens is 2. The number of hydrogen-bond acceptors (Lipinski definition) is 5. The lowest BCUT2D eigenvalue weighted by Crippen LogP contribution is -2.31. The third-order valence-electron chi connectivity index (χ3n) is 3.83. The molecule has 1 aromatic heterocycles. The van der Waals surface area contributed by atoms with Gasteiger partial charge in [0, 0.05) is 0 Å². The van der Waals surface area contributed by atoms with Crippen molar-refractivity contribution in [1.29, 1.82) is 0 Å². The molecule has 0 radical (unpaired) electrons. The Kier molecular flexibility index (Phi) is 5.44. The minimum absolute atomic E-state index is 0.0689. The van der Waals surface area contributed by atoms with Gasteiger partial charge in [0.05, 0.1) is 11.4 Å². The zero-order valence-corrected chi connectivity index (χ0v) is 15.0. The minimum atomic E-state index is -1.31. The Labute approximate surface area is 158 Å². The molecule has 144 valence electrons. The molecular formula is C19H16F2N4O3. The summed E-state index contributed by atoms with van der Waals surface area (Å²) in [5, 5.41) is 10.3. The standard InChI is InChI=1S/C19H16F2N4O3/c1-11-16(24-25(23-11)13-7-4-3-5-8-13)19(27)28-12(2)18(26)22-17-14(20)9-6-10-15(17)21/h3-10,12H,1-2H3,(H,22,26)/t12-/m0/s1. The first-order valence-corrected chi connectivity index (χ1v) is 8.32. The molecule has 0 aliphatic rings. The number of amides is 1. The van der Waals surface area contributed by atoms with E-state index in [1.54, 1.807) is 31.2 Å². The summed E-state index contributed by atoms with van der Waals surface area (Å²) in [6, 6.07) is 12.1. The van der Waals surface area contributed by atoms with Crippen molar-refractivity contribution in [1.82, 2.24) is 15.0 Å². The third kappa shape index (κ3) is 4.03. The van der Waals surface area contributed by atoms with Crippen molar-refractivity contribution in [3.05, 3.63) is 71.6 Å². The molecule has 9 heteroatoms. The molecule has 1 heterocycles. The van der Waals surface area contributed by atoms with Gasteiger partial charge in [0.2, 0.25) is 0 Å². The van der Waals surface area contributed by atoms with Gasteiger partial charge < -0.3 is 10.1 Å². The van der Waals surface area contributed by atoms with E-state index in [2.05, 4.69) is 15.5 Å². The van der Waals surface area contributed by atoms with Gasteiger partial charge in [-0.25, -0.2) is 13.6 Å². The van der Waals surface area contributed by atoms with E-state index in [9.17, 15) is 18.4 Å². The highest BCUT2D eigenvalue weighted by atomic mass is 19.1. The lowest BCUT2D eigenvalue weighted by Gasteiger charge is -2.13. The molecule has 3 aromatic rings. The number of nitrogens with one attached hydrogen (secondary N) is 1. The summed E-state index contributed by atoms with van der Waals surface area (Å²) in [7, 11) is 0. The van der Waals surface area contributed by atoms with Crippen molar-refractivity contribution in [3.63, 3.8) is 0 Å². The van der Waals surface area contributed by atoms with Crippen molar-refractivity contribution in [2.75, 3.05) is 5.32 Å². The summed E-state index contributed by atoms with van der Waals surface area (Å²) in [4.78, 5) is 25.7. The maximum absolute atomic E-state index is 13.6. The molecule has 0 fully saturated rings. The van der Waals surface area contributed by atoms with Gasteiger partial charge in [0.15, 0.2) is 11.8 Å². The van der Waals surface area contributed by atoms with Gasteiger partial charge in [-0.3, -0.25) is 4.79 Å². The summed E-state index contributed by atoms with van der Waals surface area (Å²) >= 11 is 0. The lowest BCUT2D eigenvalue weighted by molar-refractivity contribution is -0.123. The van der Waals surface area contributed by atoms with Crippen molar-refractivity contribution in [2.24, 2.45) is 0 Å². The van der Waals surface area contributed by atoms with Crippen LogP contribution in [0.5, 0.6) is 0 Å². The predicted octanol–water partition coefficient (Wildman–Crippen LogP) is 3.04. The predicted molar refractivity (Wildman–Crippen MR) is 96.0 cm³/mol. The Morgan fingerprint density at radius 3 is 2.32 bits per heavy atom. The van der Waals surface area contributed by atoms with Gasteiger partial charge >= 0.3 is 5.97 Å². The molecule has 0 aliphatic heterocycles. The second-order valence-corrected chi connectivity index (χ2v) is 5.89. The van der Waals surface area contributed by atoms with Gasteiger partial charge in [-0.2, -0.15) is 9.90 Å². The Bertz CT molecular complexity index is 1000. The van der Waals surface area contributed by atoms with Gasteiger partial charge in [-0.05, 0) is 38.1 Å². The maximum atomic E-state index is 13.6. The van der Waals surface area contributed by atoms with Crippen LogP contribution in [0.4, 0.5) is 14.5 Å². The van der Waals surface area contributed by atoms with E-state index >= 15 is 0 Å². The smallest absolute Gasteiger partial charge is 0.361 e. The second-order valence-electron chi connectivity index (χ2n) is 5.89. The first-order chi connectivity index (χ1) is 13.4. The molecule has 0 aliphatic carbocycles. The van der Waals surface area contributed by atoms with Gasteiger partial charge in [0.25, 0.3) is 5.91 Å². The van der Waals surface area contributed by atoms with E-state index in [0.29, 0.717) is 11.4 Å². The topological polar surface area (TPSA) is 86.1 Å². The van der Waals surface area contributed by atoms with E-state index < -0.39 is 35.3 Å². The van der Waals surface area contributed by atoms with Crippen LogP contribution in [0.1, 0.15) is 23.1 Å². The molecule has 3 rings (SSSR count). The first kappa shape index (κ1) is 19.2.